The third-order valence-electron chi connectivity index (χ3n) is 5.84. The average molecular weight is 462 g/mol. The highest BCUT2D eigenvalue weighted by atomic mass is 19.4. The standard InChI is InChI=1S/C24H25F3N2O4/c25-24(26,27)17-6-4-5-16(13-17)22(30)29-21(23(31)28-18-7-2-1-3-8-18)15-9-10-19-20(14-15)33-12-11-32-19/h4-6,9-10,13-14,18,21H,1-3,7-8,11-12H2,(H,28,31)(H,29,30). The van der Waals surface area contributed by atoms with Gasteiger partial charge in [-0.2, -0.15) is 13.2 Å². The van der Waals surface area contributed by atoms with Crippen molar-refractivity contribution in [2.75, 3.05) is 13.2 Å². The molecule has 33 heavy (non-hydrogen) atoms. The number of carbonyl (C=O) groups excluding carboxylic acids is 2. The number of amides is 2. The Balaban J connectivity index is 1.59. The second-order valence-corrected chi connectivity index (χ2v) is 8.23. The molecule has 2 amide bonds. The van der Waals surface area contributed by atoms with E-state index in [1.807, 2.05) is 0 Å². The van der Waals surface area contributed by atoms with Gasteiger partial charge in [0, 0.05) is 11.6 Å². The monoisotopic (exact) mass is 462 g/mol. The summed E-state index contributed by atoms with van der Waals surface area (Å²) in [6.07, 6.45) is 0.253. The van der Waals surface area contributed by atoms with Crippen LogP contribution in [0.1, 0.15) is 59.6 Å². The Labute approximate surface area is 189 Å². The largest absolute Gasteiger partial charge is 0.486 e. The van der Waals surface area contributed by atoms with Crippen molar-refractivity contribution in [3.63, 3.8) is 0 Å². The maximum Gasteiger partial charge on any atom is 0.416 e. The Bertz CT molecular complexity index is 1020. The van der Waals surface area contributed by atoms with Crippen LogP contribution in [-0.4, -0.2) is 31.1 Å². The molecule has 0 bridgehead atoms. The molecule has 1 heterocycles. The second kappa shape index (κ2) is 9.72. The number of carbonyl (C=O) groups is 2. The van der Waals surface area contributed by atoms with Crippen LogP contribution in [0.15, 0.2) is 42.5 Å². The van der Waals surface area contributed by atoms with Crippen molar-refractivity contribution in [3.8, 4) is 11.5 Å². The van der Waals surface area contributed by atoms with Gasteiger partial charge in [-0.1, -0.05) is 31.4 Å². The van der Waals surface area contributed by atoms with Crippen LogP contribution < -0.4 is 20.1 Å². The molecule has 2 aromatic carbocycles. The van der Waals surface area contributed by atoms with E-state index in [2.05, 4.69) is 10.6 Å². The zero-order valence-corrected chi connectivity index (χ0v) is 17.9. The number of halogens is 3. The molecule has 176 valence electrons. The number of rotatable bonds is 5. The van der Waals surface area contributed by atoms with Crippen LogP contribution in [-0.2, 0) is 11.0 Å². The molecule has 0 spiro atoms. The molecule has 0 radical (unpaired) electrons. The molecule has 0 saturated heterocycles. The van der Waals surface area contributed by atoms with Crippen molar-refractivity contribution in [3.05, 3.63) is 59.2 Å². The van der Waals surface area contributed by atoms with E-state index in [1.165, 1.54) is 12.1 Å². The van der Waals surface area contributed by atoms with Crippen molar-refractivity contribution < 1.29 is 32.2 Å². The summed E-state index contributed by atoms with van der Waals surface area (Å²) in [4.78, 5) is 26.1. The lowest BCUT2D eigenvalue weighted by atomic mass is 9.94. The Morgan fingerprint density at radius 1 is 0.939 bits per heavy atom. The first kappa shape index (κ1) is 22.9. The lowest BCUT2D eigenvalue weighted by Gasteiger charge is -2.27. The second-order valence-electron chi connectivity index (χ2n) is 8.23. The van der Waals surface area contributed by atoms with Crippen LogP contribution in [0.3, 0.4) is 0 Å². The highest BCUT2D eigenvalue weighted by Gasteiger charge is 2.32. The van der Waals surface area contributed by atoms with E-state index in [1.54, 1.807) is 18.2 Å². The fraction of sp³-hybridized carbons (Fsp3) is 0.417. The first-order valence-electron chi connectivity index (χ1n) is 11.0. The Morgan fingerprint density at radius 2 is 1.67 bits per heavy atom. The quantitative estimate of drug-likeness (QED) is 0.691. The molecule has 0 aromatic heterocycles. The fourth-order valence-corrected chi connectivity index (χ4v) is 4.12. The van der Waals surface area contributed by atoms with E-state index in [-0.39, 0.29) is 11.6 Å². The number of alkyl halides is 3. The fourth-order valence-electron chi connectivity index (χ4n) is 4.12. The molecule has 1 fully saturated rings. The lowest BCUT2D eigenvalue weighted by molar-refractivity contribution is -0.137. The summed E-state index contributed by atoms with van der Waals surface area (Å²) in [6.45, 7) is 0.760. The molecular weight excluding hydrogens is 437 g/mol. The normalized spacial score (nSPS) is 17.2. The molecule has 1 aliphatic heterocycles. The Morgan fingerprint density at radius 3 is 2.39 bits per heavy atom. The van der Waals surface area contributed by atoms with Crippen molar-refractivity contribution in [1.82, 2.24) is 10.6 Å². The van der Waals surface area contributed by atoms with E-state index in [0.717, 1.165) is 44.2 Å². The van der Waals surface area contributed by atoms with Gasteiger partial charge in [-0.05, 0) is 48.7 Å². The average Bonchev–Trinajstić information content (AvgIpc) is 2.82. The molecule has 2 N–H and O–H groups in total. The van der Waals surface area contributed by atoms with Crippen molar-refractivity contribution >= 4 is 11.8 Å². The van der Waals surface area contributed by atoms with Crippen LogP contribution in [0.4, 0.5) is 13.2 Å². The molecule has 1 unspecified atom stereocenters. The Kier molecular flexibility index (Phi) is 6.76. The van der Waals surface area contributed by atoms with Gasteiger partial charge < -0.3 is 20.1 Å². The number of fused-ring (bicyclic) bond motifs is 1. The number of ether oxygens (including phenoxy) is 2. The van der Waals surface area contributed by atoms with Crippen LogP contribution in [0, 0.1) is 0 Å². The van der Waals surface area contributed by atoms with Crippen molar-refractivity contribution in [2.24, 2.45) is 0 Å². The summed E-state index contributed by atoms with van der Waals surface area (Å²) in [7, 11) is 0. The van der Waals surface area contributed by atoms with Gasteiger partial charge in [0.2, 0.25) is 5.91 Å². The smallest absolute Gasteiger partial charge is 0.416 e. The summed E-state index contributed by atoms with van der Waals surface area (Å²) in [5.41, 5.74) is -0.664. The number of nitrogens with one attached hydrogen (secondary N) is 2. The van der Waals surface area contributed by atoms with E-state index < -0.39 is 29.6 Å². The molecular formula is C24H25F3N2O4. The predicted octanol–water partition coefficient (Wildman–Crippen LogP) is 4.40. The van der Waals surface area contributed by atoms with Crippen LogP contribution in [0.25, 0.3) is 0 Å². The first-order chi connectivity index (χ1) is 15.8. The highest BCUT2D eigenvalue weighted by Crippen LogP contribution is 2.33. The minimum Gasteiger partial charge on any atom is -0.486 e. The molecule has 1 saturated carbocycles. The molecule has 2 aliphatic rings. The van der Waals surface area contributed by atoms with E-state index in [0.29, 0.717) is 30.3 Å². The zero-order chi connectivity index (χ0) is 23.4. The van der Waals surface area contributed by atoms with Crippen molar-refractivity contribution in [2.45, 2.75) is 50.4 Å². The van der Waals surface area contributed by atoms with Gasteiger partial charge in [0.15, 0.2) is 11.5 Å². The third-order valence-corrected chi connectivity index (χ3v) is 5.84. The highest BCUT2D eigenvalue weighted by molar-refractivity contribution is 5.98. The van der Waals surface area contributed by atoms with Gasteiger partial charge in [0.1, 0.15) is 19.3 Å². The third kappa shape index (κ3) is 5.58. The minimum absolute atomic E-state index is 0.00331. The van der Waals surface area contributed by atoms with Crippen molar-refractivity contribution in [1.29, 1.82) is 0 Å². The topological polar surface area (TPSA) is 76.7 Å². The van der Waals surface area contributed by atoms with E-state index in [9.17, 15) is 22.8 Å². The summed E-state index contributed by atoms with van der Waals surface area (Å²) >= 11 is 0. The molecule has 6 nitrogen and oxygen atoms in total. The van der Waals surface area contributed by atoms with Crippen LogP contribution in [0.2, 0.25) is 0 Å². The number of hydrogen-bond acceptors (Lipinski definition) is 4. The summed E-state index contributed by atoms with van der Waals surface area (Å²) in [5.74, 6) is -0.220. The van der Waals surface area contributed by atoms with Gasteiger partial charge in [0.05, 0.1) is 5.56 Å². The van der Waals surface area contributed by atoms with Gasteiger partial charge in [-0.15, -0.1) is 0 Å². The molecule has 4 rings (SSSR count). The zero-order valence-electron chi connectivity index (χ0n) is 17.9. The molecule has 1 aliphatic carbocycles. The number of hydrogen-bond donors (Lipinski definition) is 2. The van der Waals surface area contributed by atoms with Gasteiger partial charge in [0.25, 0.3) is 5.91 Å². The molecule has 2 aromatic rings. The maximum absolute atomic E-state index is 13.2. The molecule has 1 atom stereocenters. The lowest BCUT2D eigenvalue weighted by Crippen LogP contribution is -2.45. The summed E-state index contributed by atoms with van der Waals surface area (Å²) in [6, 6.07) is 7.92. The van der Waals surface area contributed by atoms with Crippen LogP contribution in [0.5, 0.6) is 11.5 Å². The van der Waals surface area contributed by atoms with Gasteiger partial charge in [-0.25, -0.2) is 0 Å². The minimum atomic E-state index is -4.58. The molecule has 9 heteroatoms. The summed E-state index contributed by atoms with van der Waals surface area (Å²) < 4.78 is 50.4. The first-order valence-corrected chi connectivity index (χ1v) is 11.0. The van der Waals surface area contributed by atoms with Gasteiger partial charge in [-0.3, -0.25) is 9.59 Å². The van der Waals surface area contributed by atoms with Crippen LogP contribution >= 0.6 is 0 Å². The van der Waals surface area contributed by atoms with Gasteiger partial charge >= 0.3 is 6.18 Å². The summed E-state index contributed by atoms with van der Waals surface area (Å²) in [5, 5.41) is 5.59. The number of benzene rings is 2. The maximum atomic E-state index is 13.2. The van der Waals surface area contributed by atoms with E-state index in [4.69, 9.17) is 9.47 Å². The Hall–Kier alpha value is -3.23. The predicted molar refractivity (Wildman–Crippen MR) is 114 cm³/mol. The van der Waals surface area contributed by atoms with E-state index >= 15 is 0 Å². The SMILES string of the molecule is O=C(NC(C(=O)NC1CCCCC1)c1ccc2c(c1)OCCO2)c1cccc(C(F)(F)F)c1.